The van der Waals surface area contributed by atoms with Crippen LogP contribution in [-0.2, 0) is 28.1 Å². The number of amides is 1. The third kappa shape index (κ3) is 2.65. The number of rotatable bonds is 3. The predicted molar refractivity (Wildman–Crippen MR) is 87.0 cm³/mol. The molecule has 0 fully saturated rings. The first kappa shape index (κ1) is 15.7. The quantitative estimate of drug-likeness (QED) is 0.854. The van der Waals surface area contributed by atoms with Crippen molar-refractivity contribution < 1.29 is 13.2 Å². The van der Waals surface area contributed by atoms with Crippen LogP contribution < -0.4 is 4.90 Å². The van der Waals surface area contributed by atoms with Gasteiger partial charge in [0.2, 0.25) is 20.9 Å². The highest BCUT2D eigenvalue weighted by Crippen LogP contribution is 2.28. The van der Waals surface area contributed by atoms with Gasteiger partial charge in [-0.05, 0) is 31.4 Å². The van der Waals surface area contributed by atoms with Gasteiger partial charge in [-0.1, -0.05) is 18.2 Å². The van der Waals surface area contributed by atoms with Gasteiger partial charge in [-0.25, -0.2) is 13.4 Å². The molecule has 1 unspecified atom stereocenters. The molecule has 122 valence electrons. The summed E-state index contributed by atoms with van der Waals surface area (Å²) in [6, 6.07) is 7.64. The monoisotopic (exact) mass is 333 g/mol. The van der Waals surface area contributed by atoms with Crippen LogP contribution in [0.2, 0.25) is 0 Å². The molecule has 1 aromatic heterocycles. The lowest BCUT2D eigenvalue weighted by atomic mass is 10.0. The van der Waals surface area contributed by atoms with E-state index in [0.29, 0.717) is 6.54 Å². The van der Waals surface area contributed by atoms with Crippen molar-refractivity contribution in [1.29, 1.82) is 0 Å². The lowest BCUT2D eigenvalue weighted by Gasteiger charge is -2.31. The summed E-state index contributed by atoms with van der Waals surface area (Å²) in [6.07, 6.45) is 4.71. The lowest BCUT2D eigenvalue weighted by Crippen LogP contribution is -2.44. The summed E-state index contributed by atoms with van der Waals surface area (Å²) in [5.74, 6) is -0.403. The summed E-state index contributed by atoms with van der Waals surface area (Å²) in [5.41, 5.74) is 1.89. The number of benzene rings is 1. The summed E-state index contributed by atoms with van der Waals surface area (Å²) in [5, 5.41) is -1.25. The first-order valence-electron chi connectivity index (χ1n) is 7.53. The molecule has 2 heterocycles. The number of carbonyl (C=O) groups is 1. The van der Waals surface area contributed by atoms with Gasteiger partial charge in [-0.3, -0.25) is 4.79 Å². The maximum Gasteiger partial charge on any atom is 0.245 e. The molecule has 0 radical (unpaired) electrons. The van der Waals surface area contributed by atoms with Crippen molar-refractivity contribution in [3.63, 3.8) is 0 Å². The number of para-hydroxylation sites is 1. The minimum absolute atomic E-state index is 0.0800. The van der Waals surface area contributed by atoms with Crippen molar-refractivity contribution in [3.05, 3.63) is 42.2 Å². The molecule has 7 heteroatoms. The van der Waals surface area contributed by atoms with Gasteiger partial charge in [-0.15, -0.1) is 0 Å². The molecule has 1 aromatic carbocycles. The Hall–Kier alpha value is -2.15. The van der Waals surface area contributed by atoms with Gasteiger partial charge in [0.05, 0.1) is 0 Å². The summed E-state index contributed by atoms with van der Waals surface area (Å²) >= 11 is 0. The van der Waals surface area contributed by atoms with E-state index in [1.54, 1.807) is 18.1 Å². The molecule has 23 heavy (non-hydrogen) atoms. The van der Waals surface area contributed by atoms with E-state index < -0.39 is 21.0 Å². The van der Waals surface area contributed by atoms with E-state index >= 15 is 0 Å². The molecule has 3 rings (SSSR count). The Morgan fingerprint density at radius 1 is 1.30 bits per heavy atom. The number of sulfone groups is 1. The molecule has 0 N–H and O–H groups in total. The second-order valence-corrected chi connectivity index (χ2v) is 7.89. The van der Waals surface area contributed by atoms with Gasteiger partial charge >= 0.3 is 0 Å². The Kier molecular flexibility index (Phi) is 3.97. The fourth-order valence-corrected chi connectivity index (χ4v) is 4.28. The van der Waals surface area contributed by atoms with E-state index in [2.05, 4.69) is 4.98 Å². The molecule has 0 saturated heterocycles. The molecular formula is C16H19N3O3S. The predicted octanol–water partition coefficient (Wildman–Crippen LogP) is 1.56. The van der Waals surface area contributed by atoms with Crippen molar-refractivity contribution in [2.45, 2.75) is 30.2 Å². The van der Waals surface area contributed by atoms with Crippen molar-refractivity contribution in [2.75, 3.05) is 11.4 Å². The van der Waals surface area contributed by atoms with E-state index in [-0.39, 0.29) is 5.16 Å². The standard InChI is InChI=1S/C16H19N3O3S/c1-12(23(21,22)16-17-9-11-18(16)2)15(20)19-10-5-7-13-6-3-4-8-14(13)19/h3-4,6,8-9,11-12H,5,7,10H2,1-2H3. The summed E-state index contributed by atoms with van der Waals surface area (Å²) in [4.78, 5) is 18.3. The Morgan fingerprint density at radius 2 is 2.04 bits per heavy atom. The number of imidazole rings is 1. The lowest BCUT2D eigenvalue weighted by molar-refractivity contribution is -0.118. The molecule has 1 aliphatic rings. The van der Waals surface area contributed by atoms with Crippen molar-refractivity contribution in [1.82, 2.24) is 9.55 Å². The SMILES string of the molecule is CC(C(=O)N1CCCc2ccccc21)S(=O)(=O)c1nccn1C. The van der Waals surface area contributed by atoms with Gasteiger partial charge in [0.25, 0.3) is 0 Å². The zero-order valence-corrected chi connectivity index (χ0v) is 14.0. The molecule has 2 aromatic rings. The van der Waals surface area contributed by atoms with E-state index in [1.165, 1.54) is 17.7 Å². The normalized spacial score (nSPS) is 16.0. The van der Waals surface area contributed by atoms with Crippen LogP contribution in [0, 0.1) is 0 Å². The molecule has 1 atom stereocenters. The number of carbonyl (C=O) groups excluding carboxylic acids is 1. The number of aryl methyl sites for hydroxylation is 2. The average molecular weight is 333 g/mol. The Bertz CT molecular complexity index is 842. The highest BCUT2D eigenvalue weighted by molar-refractivity contribution is 7.92. The molecule has 6 nitrogen and oxygen atoms in total. The van der Waals surface area contributed by atoms with Crippen LogP contribution in [0.25, 0.3) is 0 Å². The topological polar surface area (TPSA) is 72.3 Å². The molecule has 0 saturated carbocycles. The molecule has 1 aliphatic heterocycles. The molecule has 0 bridgehead atoms. The van der Waals surface area contributed by atoms with Crippen LogP contribution in [0.15, 0.2) is 41.8 Å². The Balaban J connectivity index is 1.94. The molecular weight excluding hydrogens is 314 g/mol. The Labute approximate surface area is 135 Å². The van der Waals surface area contributed by atoms with Crippen molar-refractivity contribution in [3.8, 4) is 0 Å². The third-order valence-electron chi connectivity index (χ3n) is 4.22. The van der Waals surface area contributed by atoms with E-state index in [0.717, 1.165) is 24.1 Å². The molecule has 0 spiro atoms. The van der Waals surface area contributed by atoms with Crippen LogP contribution in [0.4, 0.5) is 5.69 Å². The van der Waals surface area contributed by atoms with Crippen LogP contribution in [0.5, 0.6) is 0 Å². The second-order valence-electron chi connectivity index (χ2n) is 5.73. The number of hydrogen-bond donors (Lipinski definition) is 0. The fraction of sp³-hybridized carbons (Fsp3) is 0.375. The van der Waals surface area contributed by atoms with E-state index in [1.807, 2.05) is 24.3 Å². The first-order valence-corrected chi connectivity index (χ1v) is 9.08. The minimum Gasteiger partial charge on any atom is -0.325 e. The third-order valence-corrected chi connectivity index (χ3v) is 6.26. The highest BCUT2D eigenvalue weighted by Gasteiger charge is 2.37. The van der Waals surface area contributed by atoms with E-state index in [4.69, 9.17) is 0 Å². The summed E-state index contributed by atoms with van der Waals surface area (Å²) in [7, 11) is -2.21. The van der Waals surface area contributed by atoms with Gasteiger partial charge in [0.15, 0.2) is 0 Å². The first-order chi connectivity index (χ1) is 10.9. The summed E-state index contributed by atoms with van der Waals surface area (Å²) < 4.78 is 26.8. The van der Waals surface area contributed by atoms with Gasteiger partial charge in [0, 0.05) is 31.7 Å². The zero-order valence-electron chi connectivity index (χ0n) is 13.1. The van der Waals surface area contributed by atoms with Gasteiger partial charge in [-0.2, -0.15) is 0 Å². The van der Waals surface area contributed by atoms with E-state index in [9.17, 15) is 13.2 Å². The van der Waals surface area contributed by atoms with Crippen LogP contribution in [0.3, 0.4) is 0 Å². The smallest absolute Gasteiger partial charge is 0.245 e. The average Bonchev–Trinajstić information content (AvgIpc) is 2.99. The maximum absolute atomic E-state index is 12.8. The van der Waals surface area contributed by atoms with Gasteiger partial charge < -0.3 is 9.47 Å². The number of anilines is 1. The van der Waals surface area contributed by atoms with Crippen LogP contribution >= 0.6 is 0 Å². The fourth-order valence-electron chi connectivity index (χ4n) is 2.90. The summed E-state index contributed by atoms with van der Waals surface area (Å²) in [6.45, 7) is 1.97. The molecule has 0 aliphatic carbocycles. The number of hydrogen-bond acceptors (Lipinski definition) is 4. The maximum atomic E-state index is 12.8. The number of nitrogens with zero attached hydrogens (tertiary/aromatic N) is 3. The minimum atomic E-state index is -3.82. The van der Waals surface area contributed by atoms with Crippen LogP contribution in [0.1, 0.15) is 18.9 Å². The second kappa shape index (κ2) is 5.81. The van der Waals surface area contributed by atoms with Crippen molar-refractivity contribution >= 4 is 21.4 Å². The van der Waals surface area contributed by atoms with Gasteiger partial charge in [0.1, 0.15) is 5.25 Å². The highest BCUT2D eigenvalue weighted by atomic mass is 32.2. The molecule has 1 amide bonds. The number of aromatic nitrogens is 2. The largest absolute Gasteiger partial charge is 0.325 e. The number of fused-ring (bicyclic) bond motifs is 1. The van der Waals surface area contributed by atoms with Crippen LogP contribution in [-0.4, -0.2) is 35.7 Å². The zero-order chi connectivity index (χ0) is 16.6. The van der Waals surface area contributed by atoms with Crippen molar-refractivity contribution in [2.24, 2.45) is 7.05 Å². The Morgan fingerprint density at radius 3 is 2.74 bits per heavy atom.